The highest BCUT2D eigenvalue weighted by Crippen LogP contribution is 2.39. The SMILES string of the molecule is Cc1nnc([C@H]2C[C@H](O)CN2C(=O)N[C@H]2CCOc3cc(C(F)(F)F)ccc32)n1Cc1ccc(Cl)cc1. The zero-order valence-electron chi connectivity index (χ0n) is 19.9. The fourth-order valence-corrected chi connectivity index (χ4v) is 4.97. The Labute approximate surface area is 216 Å². The Balaban J connectivity index is 1.37. The summed E-state index contributed by atoms with van der Waals surface area (Å²) in [7, 11) is 0. The molecule has 1 fully saturated rings. The van der Waals surface area contributed by atoms with E-state index in [0.29, 0.717) is 35.2 Å². The molecule has 0 spiro atoms. The van der Waals surface area contributed by atoms with E-state index in [1.807, 2.05) is 23.6 Å². The monoisotopic (exact) mass is 535 g/mol. The average Bonchev–Trinajstić information content (AvgIpc) is 3.42. The molecule has 196 valence electrons. The number of likely N-dealkylation sites (tertiary alicyclic amines) is 1. The van der Waals surface area contributed by atoms with Crippen LogP contribution in [0.2, 0.25) is 5.02 Å². The van der Waals surface area contributed by atoms with E-state index in [2.05, 4.69) is 15.5 Å². The topological polar surface area (TPSA) is 92.5 Å². The van der Waals surface area contributed by atoms with E-state index in [9.17, 15) is 23.1 Å². The van der Waals surface area contributed by atoms with Gasteiger partial charge < -0.3 is 24.6 Å². The van der Waals surface area contributed by atoms with Gasteiger partial charge in [-0.05, 0) is 36.8 Å². The van der Waals surface area contributed by atoms with Crippen LogP contribution < -0.4 is 10.1 Å². The maximum Gasteiger partial charge on any atom is 0.416 e. The van der Waals surface area contributed by atoms with Crippen molar-refractivity contribution in [3.63, 3.8) is 0 Å². The van der Waals surface area contributed by atoms with Gasteiger partial charge in [-0.15, -0.1) is 10.2 Å². The number of ether oxygens (including phenoxy) is 1. The van der Waals surface area contributed by atoms with E-state index < -0.39 is 36.0 Å². The second-order valence-corrected chi connectivity index (χ2v) is 9.70. The van der Waals surface area contributed by atoms with Crippen LogP contribution in [0, 0.1) is 6.92 Å². The average molecular weight is 536 g/mol. The molecule has 12 heteroatoms. The Morgan fingerprint density at radius 1 is 1.22 bits per heavy atom. The number of aliphatic hydroxyl groups excluding tert-OH is 1. The summed E-state index contributed by atoms with van der Waals surface area (Å²) in [6, 6.07) is 9.13. The van der Waals surface area contributed by atoms with Gasteiger partial charge in [0.1, 0.15) is 11.6 Å². The van der Waals surface area contributed by atoms with E-state index in [-0.39, 0.29) is 25.3 Å². The molecular weight excluding hydrogens is 511 g/mol. The smallest absolute Gasteiger partial charge is 0.416 e. The van der Waals surface area contributed by atoms with E-state index in [1.165, 1.54) is 11.0 Å². The Morgan fingerprint density at radius 2 is 1.97 bits per heavy atom. The molecule has 8 nitrogen and oxygen atoms in total. The van der Waals surface area contributed by atoms with Crippen molar-refractivity contribution < 1.29 is 27.8 Å². The Bertz CT molecular complexity index is 1300. The third kappa shape index (κ3) is 5.24. The first-order valence-corrected chi connectivity index (χ1v) is 12.2. The molecule has 0 bridgehead atoms. The maximum absolute atomic E-state index is 13.4. The Morgan fingerprint density at radius 3 is 2.70 bits per heavy atom. The molecule has 37 heavy (non-hydrogen) atoms. The number of carbonyl (C=O) groups excluding carboxylic acids is 1. The molecule has 3 heterocycles. The molecule has 0 saturated carbocycles. The van der Waals surface area contributed by atoms with Gasteiger partial charge >= 0.3 is 12.2 Å². The van der Waals surface area contributed by atoms with Crippen molar-refractivity contribution in [2.45, 2.75) is 50.7 Å². The highest BCUT2D eigenvalue weighted by atomic mass is 35.5. The lowest BCUT2D eigenvalue weighted by molar-refractivity contribution is -0.137. The molecule has 2 amide bonds. The number of hydrogen-bond acceptors (Lipinski definition) is 5. The highest BCUT2D eigenvalue weighted by molar-refractivity contribution is 6.30. The second kappa shape index (κ2) is 9.86. The first-order valence-electron chi connectivity index (χ1n) is 11.8. The molecule has 0 unspecified atom stereocenters. The third-order valence-corrected chi connectivity index (χ3v) is 6.99. The van der Waals surface area contributed by atoms with Gasteiger partial charge in [-0.1, -0.05) is 29.8 Å². The standard InChI is InChI=1S/C25H25ClF3N5O3/c1-14-31-32-23(33(14)12-15-2-5-17(26)6-3-15)21-11-18(35)13-34(21)24(36)30-20-8-9-37-22-10-16(25(27,28)29)4-7-19(20)22/h2-7,10,18,20-21,35H,8-9,11-13H2,1H3,(H,30,36)/t18-,20-,21+/m0/s1. The van der Waals surface area contributed by atoms with Crippen LogP contribution in [0.5, 0.6) is 5.75 Å². The van der Waals surface area contributed by atoms with Crippen molar-refractivity contribution in [1.29, 1.82) is 0 Å². The number of aromatic nitrogens is 3. The number of benzene rings is 2. The zero-order chi connectivity index (χ0) is 26.3. The van der Waals surface area contributed by atoms with E-state index in [0.717, 1.165) is 17.7 Å². The fraction of sp³-hybridized carbons (Fsp3) is 0.400. The number of β-amino-alcohol motifs (C(OH)–C–C–N with tert-alkyl or cyclic N) is 1. The minimum absolute atomic E-state index is 0.0897. The lowest BCUT2D eigenvalue weighted by atomic mass is 9.98. The lowest BCUT2D eigenvalue weighted by Crippen LogP contribution is -2.43. The van der Waals surface area contributed by atoms with E-state index in [4.69, 9.17) is 16.3 Å². The van der Waals surface area contributed by atoms with Gasteiger partial charge in [0, 0.05) is 30.0 Å². The summed E-state index contributed by atoms with van der Waals surface area (Å²) in [5.74, 6) is 1.30. The number of nitrogens with one attached hydrogen (secondary N) is 1. The highest BCUT2D eigenvalue weighted by Gasteiger charge is 2.40. The van der Waals surface area contributed by atoms with Crippen LogP contribution in [0.1, 0.15) is 53.3 Å². The van der Waals surface area contributed by atoms with Gasteiger partial charge in [0.2, 0.25) is 0 Å². The van der Waals surface area contributed by atoms with Crippen molar-refractivity contribution in [1.82, 2.24) is 25.0 Å². The van der Waals surface area contributed by atoms with Crippen LogP contribution in [-0.4, -0.2) is 50.1 Å². The summed E-state index contributed by atoms with van der Waals surface area (Å²) in [6.07, 6.45) is -4.57. The number of aryl methyl sites for hydroxylation is 1. The van der Waals surface area contributed by atoms with Gasteiger partial charge in [-0.3, -0.25) is 0 Å². The largest absolute Gasteiger partial charge is 0.493 e. The minimum atomic E-state index is -4.49. The molecule has 1 aromatic heterocycles. The number of nitrogens with zero attached hydrogens (tertiary/aromatic N) is 4. The quantitative estimate of drug-likeness (QED) is 0.507. The summed E-state index contributed by atoms with van der Waals surface area (Å²) in [5, 5.41) is 22.5. The molecule has 2 N–H and O–H groups in total. The van der Waals surface area contributed by atoms with E-state index in [1.54, 1.807) is 12.1 Å². The molecule has 3 atom stereocenters. The van der Waals surface area contributed by atoms with Crippen molar-refractivity contribution in [3.8, 4) is 5.75 Å². The van der Waals surface area contributed by atoms with Gasteiger partial charge in [-0.25, -0.2) is 4.79 Å². The molecule has 3 aromatic rings. The van der Waals surface area contributed by atoms with Gasteiger partial charge in [-0.2, -0.15) is 13.2 Å². The van der Waals surface area contributed by atoms with Crippen LogP contribution in [-0.2, 0) is 12.7 Å². The van der Waals surface area contributed by atoms with Gasteiger partial charge in [0.05, 0.1) is 36.9 Å². The van der Waals surface area contributed by atoms with Gasteiger partial charge in [0.25, 0.3) is 0 Å². The molecule has 0 aliphatic carbocycles. The summed E-state index contributed by atoms with van der Waals surface area (Å²) in [4.78, 5) is 14.9. The molecule has 0 radical (unpaired) electrons. The van der Waals surface area contributed by atoms with Gasteiger partial charge in [0.15, 0.2) is 5.82 Å². The molecule has 2 aliphatic heterocycles. The van der Waals surface area contributed by atoms with E-state index >= 15 is 0 Å². The molecule has 2 aromatic carbocycles. The number of amides is 2. The Hall–Kier alpha value is -3.31. The number of aliphatic hydroxyl groups is 1. The lowest BCUT2D eigenvalue weighted by Gasteiger charge is -2.31. The number of carbonyl (C=O) groups is 1. The number of hydrogen-bond donors (Lipinski definition) is 2. The van der Waals surface area contributed by atoms with Crippen LogP contribution in [0.4, 0.5) is 18.0 Å². The Kier molecular flexibility index (Phi) is 6.76. The number of alkyl halides is 3. The van der Waals surface area contributed by atoms with Crippen LogP contribution in [0.15, 0.2) is 42.5 Å². The summed E-state index contributed by atoms with van der Waals surface area (Å²) >= 11 is 6.00. The minimum Gasteiger partial charge on any atom is -0.493 e. The van der Waals surface area contributed by atoms with Crippen LogP contribution >= 0.6 is 11.6 Å². The zero-order valence-corrected chi connectivity index (χ0v) is 20.6. The van der Waals surface area contributed by atoms with Crippen molar-refractivity contribution in [2.75, 3.05) is 13.2 Å². The number of fused-ring (bicyclic) bond motifs is 1. The normalized spacial score (nSPS) is 21.5. The van der Waals surface area contributed by atoms with Crippen molar-refractivity contribution in [2.24, 2.45) is 0 Å². The molecule has 1 saturated heterocycles. The first-order chi connectivity index (χ1) is 17.6. The molecular formula is C25H25ClF3N5O3. The molecule has 2 aliphatic rings. The summed E-state index contributed by atoms with van der Waals surface area (Å²) in [6.45, 7) is 2.53. The predicted molar refractivity (Wildman–Crippen MR) is 128 cm³/mol. The molecule has 5 rings (SSSR count). The second-order valence-electron chi connectivity index (χ2n) is 9.27. The van der Waals surface area contributed by atoms with Crippen LogP contribution in [0.3, 0.4) is 0 Å². The first kappa shape index (κ1) is 25.3. The predicted octanol–water partition coefficient (Wildman–Crippen LogP) is 4.65. The fourth-order valence-electron chi connectivity index (χ4n) is 4.84. The summed E-state index contributed by atoms with van der Waals surface area (Å²) < 4.78 is 46.7. The maximum atomic E-state index is 13.4. The van der Waals surface area contributed by atoms with Crippen LogP contribution in [0.25, 0.3) is 0 Å². The third-order valence-electron chi connectivity index (χ3n) is 6.73. The summed E-state index contributed by atoms with van der Waals surface area (Å²) in [5.41, 5.74) is 0.641. The van der Waals surface area contributed by atoms with Crippen molar-refractivity contribution >= 4 is 17.6 Å². The number of rotatable bonds is 4. The van der Waals surface area contributed by atoms with Crippen molar-refractivity contribution in [3.05, 3.63) is 75.8 Å². The number of urea groups is 1. The number of halogens is 4.